The molecule has 0 N–H and O–H groups in total. The highest BCUT2D eigenvalue weighted by atomic mass is 35.5. The lowest BCUT2D eigenvalue weighted by atomic mass is 9.79. The van der Waals surface area contributed by atoms with Crippen LogP contribution in [0.5, 0.6) is 0 Å². The molecule has 0 fully saturated rings. The molecule has 0 aromatic heterocycles. The van der Waals surface area contributed by atoms with E-state index in [-0.39, 0.29) is 5.34 Å². The van der Waals surface area contributed by atoms with Gasteiger partial charge in [-0.2, -0.15) is 0 Å². The molecule has 0 spiro atoms. The predicted octanol–water partition coefficient (Wildman–Crippen LogP) is 12.7. The molecule has 0 saturated heterocycles. The number of hydrogen-bond acceptors (Lipinski definition) is 0. The number of alkyl halides is 2. The van der Waals surface area contributed by atoms with Crippen LogP contribution >= 0.6 is 23.2 Å². The number of rotatable bonds is 4. The summed E-state index contributed by atoms with van der Waals surface area (Å²) in [6, 6.07) is 61.9. The smallest absolute Gasteiger partial charge is 0.0967 e. The molecule has 0 aliphatic heterocycles. The molecule has 0 aliphatic rings. The van der Waals surface area contributed by atoms with E-state index >= 15 is 0 Å². The molecule has 0 unspecified atom stereocenters. The first-order valence-electron chi connectivity index (χ1n) is 15.1. The van der Waals surface area contributed by atoms with Crippen molar-refractivity contribution in [2.24, 2.45) is 0 Å². The Morgan fingerprint density at radius 2 is 0.600 bits per heavy atom. The van der Waals surface area contributed by atoms with Crippen LogP contribution in [-0.2, 0) is 0 Å². The van der Waals surface area contributed by atoms with Crippen LogP contribution in [0.2, 0.25) is 0 Å². The third kappa shape index (κ3) is 5.49. The molecule has 0 aliphatic carbocycles. The molecule has 0 heterocycles. The summed E-state index contributed by atoms with van der Waals surface area (Å²) in [4.78, 5) is 0. The van der Waals surface area contributed by atoms with Gasteiger partial charge in [-0.05, 0) is 88.6 Å². The Labute approximate surface area is 273 Å². The fourth-order valence-corrected chi connectivity index (χ4v) is 6.61. The van der Waals surface area contributed by atoms with Crippen molar-refractivity contribution >= 4 is 77.4 Å². The lowest BCUT2D eigenvalue weighted by Crippen LogP contribution is -2.01. The zero-order valence-corrected chi connectivity index (χ0v) is 26.1. The second-order valence-electron chi connectivity index (χ2n) is 11.0. The Balaban J connectivity index is 0.00000104. The summed E-state index contributed by atoms with van der Waals surface area (Å²) >= 11 is 9.53. The van der Waals surface area contributed by atoms with Crippen LogP contribution in [-0.4, -0.2) is 5.34 Å². The Bertz CT molecular complexity index is 2030. The minimum atomic E-state index is 0.194. The van der Waals surface area contributed by atoms with Crippen molar-refractivity contribution in [3.63, 3.8) is 0 Å². The van der Waals surface area contributed by atoms with E-state index in [9.17, 15) is 0 Å². The first-order chi connectivity index (χ1) is 22.3. The number of benzene rings is 8. The fraction of sp³-hybridized carbons (Fsp3) is 0.0233. The zero-order chi connectivity index (χ0) is 30.6. The molecule has 2 heteroatoms. The fourth-order valence-electron chi connectivity index (χ4n) is 6.61. The lowest BCUT2D eigenvalue weighted by molar-refractivity contribution is 1.54. The third-order valence-electron chi connectivity index (χ3n) is 8.42. The summed E-state index contributed by atoms with van der Waals surface area (Å²) in [5, 5.41) is 10.2. The molecular formula is C43H30Cl2. The number of fused-ring (bicyclic) bond motifs is 4. The molecule has 0 atom stereocenters. The molecular weight excluding hydrogens is 587 g/mol. The molecule has 45 heavy (non-hydrogen) atoms. The Hall–Kier alpha value is -4.88. The van der Waals surface area contributed by atoms with Crippen LogP contribution < -0.4 is 0 Å². The maximum absolute atomic E-state index is 4.76. The molecule has 0 radical (unpaired) electrons. The van der Waals surface area contributed by atoms with E-state index < -0.39 is 0 Å². The maximum Gasteiger partial charge on any atom is 0.0967 e. The minimum Gasteiger partial charge on any atom is -0.109 e. The van der Waals surface area contributed by atoms with Crippen LogP contribution in [0, 0.1) is 0 Å². The summed E-state index contributed by atoms with van der Waals surface area (Å²) in [6.07, 6.45) is 0. The van der Waals surface area contributed by atoms with E-state index in [4.69, 9.17) is 23.2 Å². The van der Waals surface area contributed by atoms with E-state index in [2.05, 4.69) is 170 Å². The van der Waals surface area contributed by atoms with Gasteiger partial charge in [-0.25, -0.2) is 0 Å². The van der Waals surface area contributed by atoms with Crippen molar-refractivity contribution in [2.45, 2.75) is 0 Å². The monoisotopic (exact) mass is 616 g/mol. The van der Waals surface area contributed by atoms with Gasteiger partial charge in [0.25, 0.3) is 0 Å². The largest absolute Gasteiger partial charge is 0.109 e. The van der Waals surface area contributed by atoms with Crippen LogP contribution in [0.25, 0.3) is 54.2 Å². The molecule has 8 rings (SSSR count). The van der Waals surface area contributed by atoms with Gasteiger partial charge in [0.05, 0.1) is 5.34 Å². The number of hydrogen-bond donors (Lipinski definition) is 0. The average Bonchev–Trinajstić information content (AvgIpc) is 3.10. The van der Waals surface area contributed by atoms with Gasteiger partial charge in [0, 0.05) is 0 Å². The van der Waals surface area contributed by atoms with E-state index in [0.29, 0.717) is 0 Å². The van der Waals surface area contributed by atoms with E-state index in [0.717, 1.165) is 0 Å². The second kappa shape index (κ2) is 13.0. The van der Waals surface area contributed by atoms with E-state index in [1.165, 1.54) is 76.5 Å². The summed E-state index contributed by atoms with van der Waals surface area (Å²) in [5.41, 5.74) is 7.44. The van der Waals surface area contributed by atoms with Gasteiger partial charge in [0.15, 0.2) is 0 Å². The highest BCUT2D eigenvalue weighted by Gasteiger charge is 2.23. The molecule has 8 aromatic rings. The predicted molar refractivity (Wildman–Crippen MR) is 197 cm³/mol. The second-order valence-corrected chi connectivity index (χ2v) is 11.8. The highest BCUT2D eigenvalue weighted by molar-refractivity contribution is 6.40. The van der Waals surface area contributed by atoms with Gasteiger partial charge < -0.3 is 0 Å². The molecule has 0 saturated carbocycles. The van der Waals surface area contributed by atoms with Crippen molar-refractivity contribution in [1.29, 1.82) is 0 Å². The minimum absolute atomic E-state index is 0.194. The van der Waals surface area contributed by atoms with Gasteiger partial charge >= 0.3 is 0 Å². The van der Waals surface area contributed by atoms with E-state index in [1.807, 2.05) is 0 Å². The third-order valence-corrected chi connectivity index (χ3v) is 8.42. The SMILES string of the molecule is ClCCl.c1ccc(C(=C(c2c3ccccc3cc3ccccc23)c2c3ccccc3cc3ccccc23)c2ccccc2)cc1. The Morgan fingerprint density at radius 1 is 0.333 bits per heavy atom. The van der Waals surface area contributed by atoms with Crippen LogP contribution in [0.15, 0.2) is 170 Å². The summed E-state index contributed by atoms with van der Waals surface area (Å²) in [7, 11) is 0. The Morgan fingerprint density at radius 3 is 0.911 bits per heavy atom. The van der Waals surface area contributed by atoms with Crippen molar-refractivity contribution in [1.82, 2.24) is 0 Å². The van der Waals surface area contributed by atoms with Gasteiger partial charge in [-0.3, -0.25) is 0 Å². The molecule has 216 valence electrons. The van der Waals surface area contributed by atoms with Gasteiger partial charge in [-0.15, -0.1) is 23.2 Å². The van der Waals surface area contributed by atoms with Crippen LogP contribution in [0.4, 0.5) is 0 Å². The summed E-state index contributed by atoms with van der Waals surface area (Å²) < 4.78 is 0. The topological polar surface area (TPSA) is 0 Å². The average molecular weight is 618 g/mol. The van der Waals surface area contributed by atoms with Crippen LogP contribution in [0.3, 0.4) is 0 Å². The highest BCUT2D eigenvalue weighted by Crippen LogP contribution is 2.47. The lowest BCUT2D eigenvalue weighted by Gasteiger charge is -2.24. The van der Waals surface area contributed by atoms with Gasteiger partial charge in [0.1, 0.15) is 0 Å². The Kier molecular flexibility index (Phi) is 8.34. The summed E-state index contributed by atoms with van der Waals surface area (Å²) in [5.74, 6) is 0. The van der Waals surface area contributed by atoms with Crippen molar-refractivity contribution in [3.8, 4) is 0 Å². The standard InChI is InChI=1S/C42H28.CH2Cl2/c1-3-15-29(16-4-1)39(30-17-5-2-6-18-30)42(40-35-23-11-7-19-31(35)27-32-20-8-12-24-36(32)40)41-37-25-13-9-21-33(37)28-34-22-10-14-26-38(34)41;2-1-3/h1-28H;1H2. The first kappa shape index (κ1) is 28.9. The van der Waals surface area contributed by atoms with Gasteiger partial charge in [-0.1, -0.05) is 158 Å². The molecule has 0 nitrogen and oxygen atoms in total. The normalized spacial score (nSPS) is 11.0. The summed E-state index contributed by atoms with van der Waals surface area (Å²) in [6.45, 7) is 0. The molecule has 0 amide bonds. The maximum atomic E-state index is 4.76. The van der Waals surface area contributed by atoms with E-state index in [1.54, 1.807) is 0 Å². The quantitative estimate of drug-likeness (QED) is 0.105. The van der Waals surface area contributed by atoms with Crippen LogP contribution in [0.1, 0.15) is 22.3 Å². The number of halogens is 2. The van der Waals surface area contributed by atoms with Gasteiger partial charge in [0.2, 0.25) is 0 Å². The zero-order valence-electron chi connectivity index (χ0n) is 24.6. The molecule has 0 bridgehead atoms. The van der Waals surface area contributed by atoms with Crippen molar-refractivity contribution in [3.05, 3.63) is 192 Å². The van der Waals surface area contributed by atoms with Crippen molar-refractivity contribution in [2.75, 3.05) is 5.34 Å². The van der Waals surface area contributed by atoms with Crippen molar-refractivity contribution < 1.29 is 0 Å². The molecule has 8 aromatic carbocycles. The first-order valence-corrected chi connectivity index (χ1v) is 16.1.